The smallest absolute Gasteiger partial charge is 0.229 e. The first-order valence-corrected chi connectivity index (χ1v) is 6.22. The molecule has 0 spiro atoms. The summed E-state index contributed by atoms with van der Waals surface area (Å²) in [6.45, 7) is 0. The van der Waals surface area contributed by atoms with Gasteiger partial charge in [0.2, 0.25) is 5.69 Å². The summed E-state index contributed by atoms with van der Waals surface area (Å²) in [7, 11) is 0. The highest BCUT2D eigenvalue weighted by atomic mass is 35.5. The molecule has 92 valence electrons. The number of hydrogen-bond acceptors (Lipinski definition) is 2. The molecule has 0 saturated carbocycles. The highest BCUT2D eigenvalue weighted by molar-refractivity contribution is 6.30. The maximum Gasteiger partial charge on any atom is 0.229 e. The molecular formula is C14H12ClNO2. The van der Waals surface area contributed by atoms with Gasteiger partial charge in [-0.05, 0) is 42.2 Å². The fraction of sp³-hybridized carbons (Fsp3) is 0.214. The van der Waals surface area contributed by atoms with Gasteiger partial charge in [-0.25, -0.2) is 0 Å². The minimum Gasteiger partial charge on any atom is -0.618 e. The molecule has 3 rings (SSSR count). The monoisotopic (exact) mass is 261 g/mol. The molecule has 1 heterocycles. The molecule has 3 nitrogen and oxygen atoms in total. The fourth-order valence-corrected chi connectivity index (χ4v) is 2.72. The van der Waals surface area contributed by atoms with E-state index in [1.165, 1.54) is 6.20 Å². The Balaban J connectivity index is 2.20. The molecule has 0 bridgehead atoms. The van der Waals surface area contributed by atoms with Crippen LogP contribution in [0, 0.1) is 5.21 Å². The van der Waals surface area contributed by atoms with Crippen molar-refractivity contribution in [3.63, 3.8) is 0 Å². The Morgan fingerprint density at radius 1 is 1.22 bits per heavy atom. The lowest BCUT2D eigenvalue weighted by atomic mass is 10.0. The highest BCUT2D eigenvalue weighted by Crippen LogP contribution is 2.31. The number of benzene rings is 1. The van der Waals surface area contributed by atoms with Crippen LogP contribution < -0.4 is 4.73 Å². The number of nitrogens with zero attached hydrogens (tertiary/aromatic N) is 1. The molecule has 18 heavy (non-hydrogen) atoms. The van der Waals surface area contributed by atoms with Crippen molar-refractivity contribution in [2.24, 2.45) is 0 Å². The average Bonchev–Trinajstić information content (AvgIpc) is 2.48. The Labute approximate surface area is 110 Å². The van der Waals surface area contributed by atoms with Gasteiger partial charge in [-0.15, -0.1) is 0 Å². The molecule has 1 atom stereocenters. The third kappa shape index (κ3) is 1.76. The van der Waals surface area contributed by atoms with Crippen LogP contribution in [0.25, 0.3) is 0 Å². The van der Waals surface area contributed by atoms with Crippen LogP contribution in [-0.2, 0) is 12.8 Å². The molecule has 2 aromatic rings. The SMILES string of the molecule is [O-][n+]1cccc2c1[C@@H](O)c1ccc(Cl)cc1CC2. The second-order valence-electron chi connectivity index (χ2n) is 4.49. The summed E-state index contributed by atoms with van der Waals surface area (Å²) < 4.78 is 0.754. The van der Waals surface area contributed by atoms with Gasteiger partial charge in [0.25, 0.3) is 0 Å². The van der Waals surface area contributed by atoms with Crippen LogP contribution in [0.4, 0.5) is 0 Å². The molecule has 0 unspecified atom stereocenters. The van der Waals surface area contributed by atoms with E-state index in [9.17, 15) is 10.3 Å². The number of rotatable bonds is 0. The van der Waals surface area contributed by atoms with Crippen molar-refractivity contribution in [2.45, 2.75) is 18.9 Å². The first-order chi connectivity index (χ1) is 8.66. The number of hydrogen-bond donors (Lipinski definition) is 1. The molecule has 1 aromatic heterocycles. The predicted molar refractivity (Wildman–Crippen MR) is 68.3 cm³/mol. The molecule has 4 heteroatoms. The van der Waals surface area contributed by atoms with Gasteiger partial charge in [0.05, 0.1) is 0 Å². The Morgan fingerprint density at radius 3 is 2.83 bits per heavy atom. The maximum atomic E-state index is 11.8. The Morgan fingerprint density at radius 2 is 2.00 bits per heavy atom. The van der Waals surface area contributed by atoms with Crippen molar-refractivity contribution in [2.75, 3.05) is 0 Å². The minimum absolute atomic E-state index is 0.429. The summed E-state index contributed by atoms with van der Waals surface area (Å²) >= 11 is 5.97. The van der Waals surface area contributed by atoms with Crippen molar-refractivity contribution in [1.29, 1.82) is 0 Å². The molecule has 1 aromatic carbocycles. The number of aliphatic hydroxyl groups is 1. The van der Waals surface area contributed by atoms with E-state index < -0.39 is 6.10 Å². The van der Waals surface area contributed by atoms with Gasteiger partial charge in [0, 0.05) is 16.7 Å². The Hall–Kier alpha value is -1.58. The van der Waals surface area contributed by atoms with Gasteiger partial charge < -0.3 is 10.3 Å². The number of fused-ring (bicyclic) bond motifs is 2. The molecule has 0 saturated heterocycles. The first kappa shape index (κ1) is 11.5. The largest absolute Gasteiger partial charge is 0.618 e. The van der Waals surface area contributed by atoms with Gasteiger partial charge in [0.15, 0.2) is 12.3 Å². The second kappa shape index (κ2) is 4.26. The van der Waals surface area contributed by atoms with Gasteiger partial charge in [-0.3, -0.25) is 0 Å². The van der Waals surface area contributed by atoms with Crippen LogP contribution in [0.5, 0.6) is 0 Å². The van der Waals surface area contributed by atoms with Crippen molar-refractivity contribution >= 4 is 11.6 Å². The van der Waals surface area contributed by atoms with Gasteiger partial charge >= 0.3 is 0 Å². The number of aliphatic hydroxyl groups excluding tert-OH is 1. The number of pyridine rings is 1. The molecule has 0 aliphatic heterocycles. The van der Waals surface area contributed by atoms with E-state index in [1.807, 2.05) is 12.1 Å². The van der Waals surface area contributed by atoms with Crippen molar-refractivity contribution in [3.05, 3.63) is 69.1 Å². The highest BCUT2D eigenvalue weighted by Gasteiger charge is 2.28. The van der Waals surface area contributed by atoms with Crippen molar-refractivity contribution in [3.8, 4) is 0 Å². The van der Waals surface area contributed by atoms with E-state index in [-0.39, 0.29) is 0 Å². The van der Waals surface area contributed by atoms with Crippen LogP contribution >= 0.6 is 11.6 Å². The minimum atomic E-state index is -0.881. The summed E-state index contributed by atoms with van der Waals surface area (Å²) in [6, 6.07) is 9.00. The van der Waals surface area contributed by atoms with E-state index in [0.717, 1.165) is 34.3 Å². The summed E-state index contributed by atoms with van der Waals surface area (Å²) in [5.41, 5.74) is 3.10. The zero-order valence-electron chi connectivity index (χ0n) is 9.64. The lowest BCUT2D eigenvalue weighted by Crippen LogP contribution is -2.34. The molecule has 0 radical (unpaired) electrons. The Kier molecular flexibility index (Phi) is 2.73. The summed E-state index contributed by atoms with van der Waals surface area (Å²) in [5, 5.41) is 22.9. The topological polar surface area (TPSA) is 47.2 Å². The fourth-order valence-electron chi connectivity index (χ4n) is 2.53. The maximum absolute atomic E-state index is 11.8. The number of halogens is 1. The van der Waals surface area contributed by atoms with Gasteiger partial charge in [-0.2, -0.15) is 4.73 Å². The zero-order chi connectivity index (χ0) is 12.7. The Bertz CT molecular complexity index is 613. The van der Waals surface area contributed by atoms with Crippen molar-refractivity contribution in [1.82, 2.24) is 0 Å². The van der Waals surface area contributed by atoms with Crippen LogP contribution in [0.15, 0.2) is 36.5 Å². The third-order valence-corrected chi connectivity index (χ3v) is 3.64. The second-order valence-corrected chi connectivity index (χ2v) is 4.93. The van der Waals surface area contributed by atoms with Gasteiger partial charge in [-0.1, -0.05) is 17.7 Å². The van der Waals surface area contributed by atoms with Crippen LogP contribution in [0.3, 0.4) is 0 Å². The first-order valence-electron chi connectivity index (χ1n) is 5.84. The van der Waals surface area contributed by atoms with E-state index in [1.54, 1.807) is 18.2 Å². The van der Waals surface area contributed by atoms with Gasteiger partial charge in [0.1, 0.15) is 0 Å². The lowest BCUT2D eigenvalue weighted by molar-refractivity contribution is -0.618. The van der Waals surface area contributed by atoms with Crippen LogP contribution in [-0.4, -0.2) is 5.11 Å². The van der Waals surface area contributed by atoms with Crippen LogP contribution in [0.2, 0.25) is 5.02 Å². The molecule has 1 aliphatic rings. The normalized spacial score (nSPS) is 17.8. The lowest BCUT2D eigenvalue weighted by Gasteiger charge is -2.13. The van der Waals surface area contributed by atoms with E-state index in [2.05, 4.69) is 0 Å². The summed E-state index contributed by atoms with van der Waals surface area (Å²) in [5.74, 6) is 0. The third-order valence-electron chi connectivity index (χ3n) is 3.41. The quantitative estimate of drug-likeness (QED) is 0.584. The zero-order valence-corrected chi connectivity index (χ0v) is 10.4. The molecule has 0 amide bonds. The van der Waals surface area contributed by atoms with E-state index in [0.29, 0.717) is 10.7 Å². The summed E-state index contributed by atoms with van der Waals surface area (Å²) in [6.07, 6.45) is 2.06. The summed E-state index contributed by atoms with van der Waals surface area (Å²) in [4.78, 5) is 0. The van der Waals surface area contributed by atoms with E-state index >= 15 is 0 Å². The number of aromatic nitrogens is 1. The van der Waals surface area contributed by atoms with E-state index in [4.69, 9.17) is 11.6 Å². The van der Waals surface area contributed by atoms with Crippen LogP contribution in [0.1, 0.15) is 28.5 Å². The average molecular weight is 262 g/mol. The van der Waals surface area contributed by atoms with Crippen molar-refractivity contribution < 1.29 is 9.84 Å². The molecule has 1 N–H and O–H groups in total. The molecular weight excluding hydrogens is 250 g/mol. The predicted octanol–water partition coefficient (Wildman–Crippen LogP) is 2.15. The standard InChI is InChI=1S/C14H12ClNO2/c15-11-5-6-12-10(8-11)4-3-9-2-1-7-16(18)13(9)14(12)17/h1-2,5-8,14,17H,3-4H2/t14-/m0/s1. The molecule has 1 aliphatic carbocycles. The number of aryl methyl sites for hydroxylation is 2. The molecule has 0 fully saturated rings.